The van der Waals surface area contributed by atoms with Crippen molar-refractivity contribution in [3.63, 3.8) is 0 Å². The summed E-state index contributed by atoms with van der Waals surface area (Å²) in [5.74, 6) is -0.831. The normalized spacial score (nSPS) is 10.7. The van der Waals surface area contributed by atoms with Gasteiger partial charge in [0.2, 0.25) is 0 Å². The highest BCUT2D eigenvalue weighted by molar-refractivity contribution is 9.10. The van der Waals surface area contributed by atoms with E-state index in [1.54, 1.807) is 12.1 Å². The lowest BCUT2D eigenvalue weighted by molar-refractivity contribution is -0.140. The van der Waals surface area contributed by atoms with E-state index in [9.17, 15) is 9.59 Å². The molecule has 0 aliphatic carbocycles. The van der Waals surface area contributed by atoms with E-state index >= 15 is 0 Å². The van der Waals surface area contributed by atoms with E-state index < -0.39 is 5.97 Å². The molecule has 1 heterocycles. The van der Waals surface area contributed by atoms with Gasteiger partial charge in [-0.15, -0.1) is 0 Å². The van der Waals surface area contributed by atoms with Crippen LogP contribution >= 0.6 is 27.5 Å². The van der Waals surface area contributed by atoms with Gasteiger partial charge in [0.05, 0.1) is 29.2 Å². The van der Waals surface area contributed by atoms with Crippen LogP contribution in [0.25, 0.3) is 10.9 Å². The minimum Gasteiger partial charge on any atom is -0.469 e. The number of carbonyl (C=O) groups is 2. The minimum absolute atomic E-state index is 0.174. The molecule has 0 saturated heterocycles. The number of aryl methyl sites for hydroxylation is 1. The Bertz CT molecular complexity index is 711. The lowest BCUT2D eigenvalue weighted by Gasteiger charge is -2.03. The molecular formula is C14H13BrClNO4. The lowest BCUT2D eigenvalue weighted by atomic mass is 10.1. The summed E-state index contributed by atoms with van der Waals surface area (Å²) < 4.78 is 10.1. The highest BCUT2D eigenvalue weighted by Gasteiger charge is 2.21. The van der Waals surface area contributed by atoms with Crippen LogP contribution < -0.4 is 0 Å². The number of halogens is 2. The SMILES string of the molecule is COC(=O)CCc1c(C(=O)OC)[nH]c2c(Br)c(Cl)ccc12. The van der Waals surface area contributed by atoms with Gasteiger partial charge in [-0.2, -0.15) is 0 Å². The summed E-state index contributed by atoms with van der Waals surface area (Å²) in [5, 5.41) is 1.34. The molecule has 0 saturated carbocycles. The minimum atomic E-state index is -0.492. The lowest BCUT2D eigenvalue weighted by Crippen LogP contribution is -2.07. The summed E-state index contributed by atoms with van der Waals surface area (Å²) in [6.07, 6.45) is 0.541. The molecule has 1 N–H and O–H groups in total. The van der Waals surface area contributed by atoms with E-state index in [2.05, 4.69) is 25.7 Å². The Morgan fingerprint density at radius 1 is 1.29 bits per heavy atom. The van der Waals surface area contributed by atoms with Gasteiger partial charge in [-0.1, -0.05) is 17.7 Å². The molecular weight excluding hydrogens is 362 g/mol. The molecule has 7 heteroatoms. The second-order valence-corrected chi connectivity index (χ2v) is 5.53. The third-order valence-electron chi connectivity index (χ3n) is 3.17. The van der Waals surface area contributed by atoms with Crippen molar-refractivity contribution >= 4 is 50.4 Å². The molecule has 0 amide bonds. The average Bonchev–Trinajstić information content (AvgIpc) is 2.87. The third-order valence-corrected chi connectivity index (χ3v) is 4.53. The summed E-state index contributed by atoms with van der Waals surface area (Å²) in [5.41, 5.74) is 1.72. The van der Waals surface area contributed by atoms with Crippen LogP contribution in [0.3, 0.4) is 0 Å². The number of aromatic amines is 1. The van der Waals surface area contributed by atoms with E-state index in [0.717, 1.165) is 5.39 Å². The summed E-state index contributed by atoms with van der Waals surface area (Å²) in [4.78, 5) is 26.2. The van der Waals surface area contributed by atoms with Crippen molar-refractivity contribution in [2.24, 2.45) is 0 Å². The van der Waals surface area contributed by atoms with Crippen molar-refractivity contribution < 1.29 is 19.1 Å². The van der Waals surface area contributed by atoms with Gasteiger partial charge in [-0.3, -0.25) is 4.79 Å². The molecule has 0 unspecified atom stereocenters. The van der Waals surface area contributed by atoms with E-state index in [0.29, 0.717) is 32.7 Å². The largest absolute Gasteiger partial charge is 0.469 e. The number of ether oxygens (including phenoxy) is 2. The van der Waals surface area contributed by atoms with Crippen molar-refractivity contribution in [2.75, 3.05) is 14.2 Å². The fourth-order valence-corrected chi connectivity index (χ4v) is 2.73. The highest BCUT2D eigenvalue weighted by atomic mass is 79.9. The first-order valence-electron chi connectivity index (χ1n) is 6.13. The van der Waals surface area contributed by atoms with Crippen LogP contribution in [0, 0.1) is 0 Å². The fourth-order valence-electron chi connectivity index (χ4n) is 2.12. The maximum Gasteiger partial charge on any atom is 0.354 e. The first-order chi connectivity index (χ1) is 9.99. The third kappa shape index (κ3) is 3.06. The molecule has 0 bridgehead atoms. The number of hydrogen-bond acceptors (Lipinski definition) is 4. The van der Waals surface area contributed by atoms with Gasteiger partial charge in [-0.25, -0.2) is 4.79 Å². The number of H-pyrrole nitrogens is 1. The molecule has 0 radical (unpaired) electrons. The Hall–Kier alpha value is -1.53. The predicted molar refractivity (Wildman–Crippen MR) is 82.7 cm³/mol. The number of fused-ring (bicyclic) bond motifs is 1. The van der Waals surface area contributed by atoms with Crippen LogP contribution in [0.4, 0.5) is 0 Å². The van der Waals surface area contributed by atoms with Crippen LogP contribution in [0.5, 0.6) is 0 Å². The van der Waals surface area contributed by atoms with Crippen LogP contribution in [0.2, 0.25) is 5.02 Å². The van der Waals surface area contributed by atoms with Gasteiger partial charge in [0.15, 0.2) is 0 Å². The summed E-state index contributed by atoms with van der Waals surface area (Å²) in [6.45, 7) is 0. The fraction of sp³-hybridized carbons (Fsp3) is 0.286. The van der Waals surface area contributed by atoms with Crippen LogP contribution in [-0.2, 0) is 20.7 Å². The van der Waals surface area contributed by atoms with Crippen molar-refractivity contribution in [1.29, 1.82) is 0 Å². The molecule has 112 valence electrons. The predicted octanol–water partition coefficient (Wildman–Crippen LogP) is 3.48. The average molecular weight is 375 g/mol. The number of nitrogens with one attached hydrogen (secondary N) is 1. The highest BCUT2D eigenvalue weighted by Crippen LogP contribution is 2.34. The number of benzene rings is 1. The number of methoxy groups -OCH3 is 2. The molecule has 1 aromatic carbocycles. The quantitative estimate of drug-likeness (QED) is 0.832. The maximum atomic E-state index is 11.9. The zero-order chi connectivity index (χ0) is 15.6. The van der Waals surface area contributed by atoms with E-state index in [1.165, 1.54) is 14.2 Å². The molecule has 0 aliphatic heterocycles. The van der Waals surface area contributed by atoms with Crippen molar-refractivity contribution in [3.05, 3.63) is 32.9 Å². The topological polar surface area (TPSA) is 68.4 Å². The molecule has 0 aliphatic rings. The molecule has 0 fully saturated rings. The van der Waals surface area contributed by atoms with Gasteiger partial charge in [0.1, 0.15) is 5.69 Å². The van der Waals surface area contributed by atoms with Crippen molar-refractivity contribution in [2.45, 2.75) is 12.8 Å². The first kappa shape index (κ1) is 15.9. The number of carbonyl (C=O) groups excluding carboxylic acids is 2. The Labute approximate surface area is 134 Å². The van der Waals surface area contributed by atoms with Crippen LogP contribution in [-0.4, -0.2) is 31.1 Å². The van der Waals surface area contributed by atoms with E-state index in [-0.39, 0.29) is 12.4 Å². The molecule has 5 nitrogen and oxygen atoms in total. The van der Waals surface area contributed by atoms with Crippen LogP contribution in [0.1, 0.15) is 22.5 Å². The smallest absolute Gasteiger partial charge is 0.354 e. The molecule has 2 rings (SSSR count). The van der Waals surface area contributed by atoms with Crippen molar-refractivity contribution in [1.82, 2.24) is 4.98 Å². The number of aromatic nitrogens is 1. The number of hydrogen-bond donors (Lipinski definition) is 1. The number of esters is 2. The van der Waals surface area contributed by atoms with Gasteiger partial charge in [-0.05, 0) is 34.0 Å². The Kier molecular flexibility index (Phi) is 4.90. The summed E-state index contributed by atoms with van der Waals surface area (Å²) in [7, 11) is 2.63. The second kappa shape index (κ2) is 6.49. The Morgan fingerprint density at radius 2 is 2.00 bits per heavy atom. The molecule has 1 aromatic heterocycles. The standard InChI is InChI=1S/C14H13BrClNO4/c1-20-10(18)6-4-8-7-3-5-9(16)11(15)12(7)17-13(8)14(19)21-2/h3,5,17H,4,6H2,1-2H3. The van der Waals surface area contributed by atoms with Gasteiger partial charge in [0, 0.05) is 11.8 Å². The van der Waals surface area contributed by atoms with Crippen molar-refractivity contribution in [3.8, 4) is 0 Å². The molecule has 0 atom stereocenters. The zero-order valence-electron chi connectivity index (χ0n) is 11.5. The summed E-state index contributed by atoms with van der Waals surface area (Å²) >= 11 is 9.44. The van der Waals surface area contributed by atoms with E-state index in [1.807, 2.05) is 0 Å². The van der Waals surface area contributed by atoms with Crippen LogP contribution in [0.15, 0.2) is 16.6 Å². The monoisotopic (exact) mass is 373 g/mol. The summed E-state index contributed by atoms with van der Waals surface area (Å²) in [6, 6.07) is 3.53. The van der Waals surface area contributed by atoms with Gasteiger partial charge < -0.3 is 14.5 Å². The molecule has 21 heavy (non-hydrogen) atoms. The second-order valence-electron chi connectivity index (χ2n) is 4.33. The van der Waals surface area contributed by atoms with E-state index in [4.69, 9.17) is 16.3 Å². The Morgan fingerprint density at radius 3 is 2.62 bits per heavy atom. The maximum absolute atomic E-state index is 11.9. The molecule has 2 aromatic rings. The van der Waals surface area contributed by atoms with Gasteiger partial charge >= 0.3 is 11.9 Å². The number of rotatable bonds is 4. The van der Waals surface area contributed by atoms with Gasteiger partial charge in [0.25, 0.3) is 0 Å². The first-order valence-corrected chi connectivity index (χ1v) is 7.30. The Balaban J connectivity index is 2.55. The zero-order valence-corrected chi connectivity index (χ0v) is 13.8. The molecule has 0 spiro atoms.